The van der Waals surface area contributed by atoms with Crippen LogP contribution in [0.15, 0.2) is 54.7 Å². The lowest BCUT2D eigenvalue weighted by Gasteiger charge is -2.06. The summed E-state index contributed by atoms with van der Waals surface area (Å²) in [5.74, 6) is 0. The number of aromatic nitrogens is 1. The maximum atomic E-state index is 6.27. The lowest BCUT2D eigenvalue weighted by molar-refractivity contribution is 1.13. The van der Waals surface area contributed by atoms with Crippen LogP contribution in [0, 0.1) is 0 Å². The summed E-state index contributed by atoms with van der Waals surface area (Å²) < 4.78 is 2.09. The molecule has 0 saturated heterocycles. The molecular weight excluding hydrogens is 240 g/mol. The normalized spacial score (nSPS) is 10.9. The van der Waals surface area contributed by atoms with Crippen LogP contribution in [0.5, 0.6) is 0 Å². The van der Waals surface area contributed by atoms with Crippen molar-refractivity contribution in [1.82, 2.24) is 4.57 Å². The van der Waals surface area contributed by atoms with Crippen molar-refractivity contribution >= 4 is 30.4 Å². The van der Waals surface area contributed by atoms with Crippen molar-refractivity contribution in [3.8, 4) is 5.69 Å². The summed E-state index contributed by atoms with van der Waals surface area (Å²) in [6, 6.07) is 16.3. The summed E-state index contributed by atoms with van der Waals surface area (Å²) in [5, 5.41) is 1.81. The number of rotatable bonds is 2. The predicted molar refractivity (Wildman–Crippen MR) is 77.7 cm³/mol. The number of fused-ring (bicyclic) bond motifs is 1. The minimum Gasteiger partial charge on any atom is -0.315 e. The van der Waals surface area contributed by atoms with Crippen LogP contribution in [-0.2, 0) is 6.32 Å². The van der Waals surface area contributed by atoms with E-state index in [0.717, 1.165) is 27.2 Å². The second-order valence-corrected chi connectivity index (χ2v) is 4.65. The third-order valence-electron chi connectivity index (χ3n) is 3.09. The SMILES string of the molecule is [B]Cc1ccc2c(Cl)cn(-c3ccccc3)c2c1. The highest BCUT2D eigenvalue weighted by atomic mass is 35.5. The zero-order valence-corrected chi connectivity index (χ0v) is 10.6. The van der Waals surface area contributed by atoms with Crippen LogP contribution in [0.25, 0.3) is 16.6 Å². The van der Waals surface area contributed by atoms with Gasteiger partial charge in [0.15, 0.2) is 0 Å². The van der Waals surface area contributed by atoms with Gasteiger partial charge in [-0.25, -0.2) is 0 Å². The van der Waals surface area contributed by atoms with Crippen LogP contribution < -0.4 is 0 Å². The summed E-state index contributed by atoms with van der Waals surface area (Å²) in [7, 11) is 5.69. The van der Waals surface area contributed by atoms with Crippen LogP contribution in [0.1, 0.15) is 5.56 Å². The van der Waals surface area contributed by atoms with E-state index in [1.165, 1.54) is 0 Å². The van der Waals surface area contributed by atoms with E-state index in [9.17, 15) is 0 Å². The van der Waals surface area contributed by atoms with E-state index in [4.69, 9.17) is 19.4 Å². The minimum absolute atomic E-state index is 0.535. The Morgan fingerprint density at radius 1 is 1.06 bits per heavy atom. The van der Waals surface area contributed by atoms with Gasteiger partial charge in [-0.1, -0.05) is 53.8 Å². The Balaban J connectivity index is 2.29. The highest BCUT2D eigenvalue weighted by Gasteiger charge is 2.08. The molecule has 1 nitrogen and oxygen atoms in total. The minimum atomic E-state index is 0.535. The fourth-order valence-electron chi connectivity index (χ4n) is 2.16. The first-order valence-electron chi connectivity index (χ1n) is 5.84. The molecule has 0 aliphatic rings. The standard InChI is InChI=1S/C15H11BClN/c16-9-11-6-7-13-14(17)10-18(15(13)8-11)12-4-2-1-3-5-12/h1-8,10H,9H2. The molecule has 0 unspecified atom stereocenters. The summed E-state index contributed by atoms with van der Waals surface area (Å²) in [6.45, 7) is 0. The Morgan fingerprint density at radius 3 is 2.56 bits per heavy atom. The second-order valence-electron chi connectivity index (χ2n) is 4.24. The first-order valence-corrected chi connectivity index (χ1v) is 6.22. The first-order chi connectivity index (χ1) is 8.79. The molecule has 3 heteroatoms. The lowest BCUT2D eigenvalue weighted by Crippen LogP contribution is -1.92. The molecule has 2 radical (unpaired) electrons. The fourth-order valence-corrected chi connectivity index (χ4v) is 2.42. The van der Waals surface area contributed by atoms with Crippen molar-refractivity contribution in [3.05, 3.63) is 65.3 Å². The van der Waals surface area contributed by atoms with Crippen molar-refractivity contribution in [3.63, 3.8) is 0 Å². The summed E-state index contributed by atoms with van der Waals surface area (Å²) >= 11 is 6.27. The van der Waals surface area contributed by atoms with Crippen molar-refractivity contribution in [2.45, 2.75) is 6.32 Å². The van der Waals surface area contributed by atoms with E-state index >= 15 is 0 Å². The molecule has 0 aliphatic heterocycles. The lowest BCUT2D eigenvalue weighted by atomic mass is 9.96. The Labute approximate surface area is 112 Å². The Bertz CT molecular complexity index is 688. The molecule has 18 heavy (non-hydrogen) atoms. The molecule has 3 rings (SSSR count). The van der Waals surface area contributed by atoms with Crippen molar-refractivity contribution in [2.75, 3.05) is 0 Å². The average molecular weight is 252 g/mol. The van der Waals surface area contributed by atoms with E-state index in [2.05, 4.69) is 22.8 Å². The van der Waals surface area contributed by atoms with E-state index in [-0.39, 0.29) is 0 Å². The molecule has 1 heterocycles. The Morgan fingerprint density at radius 2 is 1.83 bits per heavy atom. The maximum Gasteiger partial charge on any atom is 0.0716 e. The predicted octanol–water partition coefficient (Wildman–Crippen LogP) is 3.95. The quantitative estimate of drug-likeness (QED) is 0.608. The molecule has 0 atom stereocenters. The van der Waals surface area contributed by atoms with Gasteiger partial charge in [0.05, 0.1) is 18.4 Å². The van der Waals surface area contributed by atoms with Crippen molar-refractivity contribution in [1.29, 1.82) is 0 Å². The molecule has 0 saturated carbocycles. The van der Waals surface area contributed by atoms with Gasteiger partial charge in [-0.15, -0.1) is 0 Å². The Hall–Kier alpha value is -1.67. The second kappa shape index (κ2) is 4.54. The highest BCUT2D eigenvalue weighted by Crippen LogP contribution is 2.29. The van der Waals surface area contributed by atoms with Crippen LogP contribution in [0.2, 0.25) is 5.02 Å². The number of halogens is 1. The van der Waals surface area contributed by atoms with Crippen LogP contribution >= 0.6 is 11.6 Å². The monoisotopic (exact) mass is 251 g/mol. The third-order valence-corrected chi connectivity index (χ3v) is 3.39. The van der Waals surface area contributed by atoms with Gasteiger partial charge in [-0.2, -0.15) is 0 Å². The first kappa shape index (κ1) is 11.4. The van der Waals surface area contributed by atoms with Crippen LogP contribution in [0.3, 0.4) is 0 Å². The molecule has 86 valence electrons. The van der Waals surface area contributed by atoms with Gasteiger partial charge in [0, 0.05) is 17.3 Å². The number of para-hydroxylation sites is 1. The maximum absolute atomic E-state index is 6.27. The number of hydrogen-bond donors (Lipinski definition) is 0. The van der Waals surface area contributed by atoms with Crippen molar-refractivity contribution < 1.29 is 0 Å². The van der Waals surface area contributed by atoms with E-state index < -0.39 is 0 Å². The largest absolute Gasteiger partial charge is 0.315 e. The molecule has 0 amide bonds. The van der Waals surface area contributed by atoms with Crippen LogP contribution in [0.4, 0.5) is 0 Å². The molecular formula is C15H11BClN. The van der Waals surface area contributed by atoms with Crippen LogP contribution in [-0.4, -0.2) is 12.4 Å². The van der Waals surface area contributed by atoms with Gasteiger partial charge in [-0.3, -0.25) is 0 Å². The van der Waals surface area contributed by atoms with E-state index in [1.807, 2.05) is 36.5 Å². The fraction of sp³-hybridized carbons (Fsp3) is 0.0667. The number of hydrogen-bond acceptors (Lipinski definition) is 0. The van der Waals surface area contributed by atoms with Gasteiger partial charge in [-0.05, 0) is 18.2 Å². The molecule has 1 aromatic heterocycles. The Kier molecular flexibility index (Phi) is 2.88. The summed E-state index contributed by atoms with van der Waals surface area (Å²) in [5.41, 5.74) is 3.30. The zero-order chi connectivity index (χ0) is 12.5. The molecule has 3 aromatic rings. The van der Waals surface area contributed by atoms with Gasteiger partial charge < -0.3 is 4.57 Å². The summed E-state index contributed by atoms with van der Waals surface area (Å²) in [6.07, 6.45) is 2.48. The molecule has 2 aromatic carbocycles. The van der Waals surface area contributed by atoms with E-state index in [1.54, 1.807) is 0 Å². The molecule has 0 N–H and O–H groups in total. The smallest absolute Gasteiger partial charge is 0.0716 e. The van der Waals surface area contributed by atoms with Gasteiger partial charge in [0.1, 0.15) is 0 Å². The topological polar surface area (TPSA) is 4.93 Å². The summed E-state index contributed by atoms with van der Waals surface area (Å²) in [4.78, 5) is 0. The van der Waals surface area contributed by atoms with Gasteiger partial charge in [0.25, 0.3) is 0 Å². The molecule has 0 aliphatic carbocycles. The third kappa shape index (κ3) is 1.83. The average Bonchev–Trinajstić information content (AvgIpc) is 2.76. The van der Waals surface area contributed by atoms with E-state index in [0.29, 0.717) is 6.32 Å². The number of benzene rings is 2. The molecule has 0 spiro atoms. The van der Waals surface area contributed by atoms with Crippen molar-refractivity contribution in [2.24, 2.45) is 0 Å². The van der Waals surface area contributed by atoms with Gasteiger partial charge >= 0.3 is 0 Å². The molecule has 0 bridgehead atoms. The zero-order valence-electron chi connectivity index (χ0n) is 9.81. The van der Waals surface area contributed by atoms with Gasteiger partial charge in [0.2, 0.25) is 0 Å². The number of nitrogens with zero attached hydrogens (tertiary/aromatic N) is 1. The molecule has 0 fully saturated rings. The highest BCUT2D eigenvalue weighted by molar-refractivity contribution is 6.35.